The van der Waals surface area contributed by atoms with Crippen LogP contribution >= 0.6 is 34.8 Å². The number of halogens is 3. The van der Waals surface area contributed by atoms with Crippen molar-refractivity contribution in [3.63, 3.8) is 0 Å². The molecule has 0 atom stereocenters. The molecule has 0 bridgehead atoms. The zero-order valence-corrected chi connectivity index (χ0v) is 15.0. The Morgan fingerprint density at radius 1 is 1.08 bits per heavy atom. The predicted molar refractivity (Wildman–Crippen MR) is 97.4 cm³/mol. The van der Waals surface area contributed by atoms with Crippen molar-refractivity contribution in [1.82, 2.24) is 0 Å². The lowest BCUT2D eigenvalue weighted by atomic mass is 10.1. The molecule has 0 aliphatic carbocycles. The summed E-state index contributed by atoms with van der Waals surface area (Å²) in [6.45, 7) is 0.313. The quantitative estimate of drug-likeness (QED) is 0.445. The second-order valence-corrected chi connectivity index (χ2v) is 6.36. The van der Waals surface area contributed by atoms with E-state index in [4.69, 9.17) is 34.8 Å². The minimum Gasteiger partial charge on any atom is -0.316 e. The molecular formula is C17H11Cl3N2O3. The summed E-state index contributed by atoms with van der Waals surface area (Å²) in [5, 5.41) is 4.73. The van der Waals surface area contributed by atoms with Gasteiger partial charge >= 0.3 is 5.97 Å². The van der Waals surface area contributed by atoms with Gasteiger partial charge in [0.25, 0.3) is 5.91 Å². The van der Waals surface area contributed by atoms with Crippen LogP contribution in [-0.2, 0) is 21.0 Å². The van der Waals surface area contributed by atoms with Crippen molar-refractivity contribution in [2.45, 2.75) is 6.54 Å². The highest BCUT2D eigenvalue weighted by molar-refractivity contribution is 6.54. The van der Waals surface area contributed by atoms with Crippen LogP contribution in [0.4, 0.5) is 5.69 Å². The third kappa shape index (κ3) is 3.79. The Morgan fingerprint density at radius 3 is 2.44 bits per heavy atom. The second kappa shape index (κ2) is 7.44. The summed E-state index contributed by atoms with van der Waals surface area (Å²) < 4.78 is 0. The minimum absolute atomic E-state index is 0.00456. The van der Waals surface area contributed by atoms with E-state index in [-0.39, 0.29) is 11.6 Å². The molecule has 0 spiro atoms. The van der Waals surface area contributed by atoms with Gasteiger partial charge in [-0.1, -0.05) is 40.5 Å². The van der Waals surface area contributed by atoms with Crippen molar-refractivity contribution < 1.29 is 14.4 Å². The van der Waals surface area contributed by atoms with Gasteiger partial charge in [-0.2, -0.15) is 0 Å². The first-order chi connectivity index (χ1) is 12.0. The Kier molecular flexibility index (Phi) is 5.27. The molecule has 3 rings (SSSR count). The Morgan fingerprint density at radius 2 is 1.76 bits per heavy atom. The normalized spacial score (nSPS) is 14.8. The first kappa shape index (κ1) is 17.7. The van der Waals surface area contributed by atoms with Gasteiger partial charge in [0.15, 0.2) is 5.71 Å². The molecule has 0 unspecified atom stereocenters. The largest absolute Gasteiger partial charge is 0.349 e. The third-order valence-electron chi connectivity index (χ3n) is 3.55. The fourth-order valence-electron chi connectivity index (χ4n) is 2.42. The lowest BCUT2D eigenvalue weighted by Gasteiger charge is -2.17. The molecule has 2 aromatic carbocycles. The zero-order valence-electron chi connectivity index (χ0n) is 12.7. The highest BCUT2D eigenvalue weighted by Crippen LogP contribution is 2.33. The van der Waals surface area contributed by atoms with E-state index in [2.05, 4.69) is 9.99 Å². The second-order valence-electron chi connectivity index (χ2n) is 5.22. The number of anilines is 1. The molecule has 0 aromatic heterocycles. The summed E-state index contributed by atoms with van der Waals surface area (Å²) in [6.07, 6.45) is 0. The molecular weight excluding hydrogens is 387 g/mol. The van der Waals surface area contributed by atoms with E-state index in [1.165, 1.54) is 4.90 Å². The number of hydrogen-bond donors (Lipinski definition) is 0. The topological polar surface area (TPSA) is 59.0 Å². The molecule has 1 aliphatic rings. The molecule has 0 fully saturated rings. The summed E-state index contributed by atoms with van der Waals surface area (Å²) in [4.78, 5) is 30.2. The standard InChI is InChI=1S/C17H11Cl3N2O3/c18-8-15(23)25-21-16-13-7-12(20)5-6-14(13)22(17(16)24)9-10-1-3-11(19)4-2-10/h1-7H,8-9H2/b21-16+. The molecule has 1 heterocycles. The predicted octanol–water partition coefficient (Wildman–Crippen LogP) is 4.03. The SMILES string of the molecule is O=C(CCl)O/N=C1/C(=O)N(Cc2ccc(Cl)cc2)c2ccc(Cl)cc21. The maximum Gasteiger partial charge on any atom is 0.349 e. The smallest absolute Gasteiger partial charge is 0.316 e. The summed E-state index contributed by atoms with van der Waals surface area (Å²) in [5.74, 6) is -1.50. The highest BCUT2D eigenvalue weighted by Gasteiger charge is 2.35. The van der Waals surface area contributed by atoms with Gasteiger partial charge in [-0.25, -0.2) is 4.79 Å². The van der Waals surface area contributed by atoms with Gasteiger partial charge < -0.3 is 9.74 Å². The van der Waals surface area contributed by atoms with E-state index in [1.807, 2.05) is 12.1 Å². The molecule has 1 aliphatic heterocycles. The van der Waals surface area contributed by atoms with Crippen molar-refractivity contribution in [3.05, 3.63) is 63.6 Å². The molecule has 2 aromatic rings. The molecule has 25 heavy (non-hydrogen) atoms. The fourth-order valence-corrected chi connectivity index (χ4v) is 2.77. The van der Waals surface area contributed by atoms with Crippen LogP contribution in [0, 0.1) is 0 Å². The molecule has 5 nitrogen and oxygen atoms in total. The number of alkyl halides is 1. The number of carbonyl (C=O) groups excluding carboxylic acids is 2. The van der Waals surface area contributed by atoms with Gasteiger partial charge in [-0.05, 0) is 35.9 Å². The van der Waals surface area contributed by atoms with Crippen LogP contribution < -0.4 is 4.90 Å². The molecule has 0 radical (unpaired) electrons. The minimum atomic E-state index is -0.748. The number of nitrogens with zero attached hydrogens (tertiary/aromatic N) is 2. The van der Waals surface area contributed by atoms with Gasteiger partial charge in [0.05, 0.1) is 12.2 Å². The van der Waals surface area contributed by atoms with E-state index in [0.717, 1.165) is 5.56 Å². The van der Waals surface area contributed by atoms with Crippen LogP contribution in [0.15, 0.2) is 47.6 Å². The van der Waals surface area contributed by atoms with Crippen LogP contribution in [0.5, 0.6) is 0 Å². The summed E-state index contributed by atoms with van der Waals surface area (Å²) in [7, 11) is 0. The molecule has 128 valence electrons. The average Bonchev–Trinajstić information content (AvgIpc) is 2.85. The maximum atomic E-state index is 12.7. The van der Waals surface area contributed by atoms with Crippen LogP contribution in [0.3, 0.4) is 0 Å². The van der Waals surface area contributed by atoms with Gasteiger partial charge in [0, 0.05) is 15.6 Å². The first-order valence-corrected chi connectivity index (χ1v) is 8.48. The Bertz CT molecular complexity index is 866. The van der Waals surface area contributed by atoms with Crippen molar-refractivity contribution >= 4 is 58.1 Å². The number of benzene rings is 2. The monoisotopic (exact) mass is 396 g/mol. The summed E-state index contributed by atoms with van der Waals surface area (Å²) in [5.41, 5.74) is 2.02. The third-order valence-corrected chi connectivity index (χ3v) is 4.26. The Hall–Kier alpha value is -2.08. The van der Waals surface area contributed by atoms with Crippen molar-refractivity contribution in [3.8, 4) is 0 Å². The van der Waals surface area contributed by atoms with E-state index >= 15 is 0 Å². The van der Waals surface area contributed by atoms with E-state index in [9.17, 15) is 9.59 Å². The van der Waals surface area contributed by atoms with Crippen LogP contribution in [0.2, 0.25) is 10.0 Å². The zero-order chi connectivity index (χ0) is 18.0. The first-order valence-electron chi connectivity index (χ1n) is 7.19. The van der Waals surface area contributed by atoms with E-state index < -0.39 is 11.9 Å². The molecule has 0 saturated carbocycles. The van der Waals surface area contributed by atoms with Crippen LogP contribution in [0.25, 0.3) is 0 Å². The fraction of sp³-hybridized carbons (Fsp3) is 0.118. The maximum absolute atomic E-state index is 12.7. The molecule has 0 N–H and O–H groups in total. The number of rotatable bonds is 4. The van der Waals surface area contributed by atoms with Crippen LogP contribution in [0.1, 0.15) is 11.1 Å². The van der Waals surface area contributed by atoms with E-state index in [0.29, 0.717) is 27.8 Å². The number of hydrogen-bond acceptors (Lipinski definition) is 4. The molecule has 0 saturated heterocycles. The highest BCUT2D eigenvalue weighted by atomic mass is 35.5. The molecule has 1 amide bonds. The number of amides is 1. The van der Waals surface area contributed by atoms with Gasteiger partial charge in [0.1, 0.15) is 5.88 Å². The Labute approximate surface area is 158 Å². The van der Waals surface area contributed by atoms with Crippen LogP contribution in [-0.4, -0.2) is 23.5 Å². The van der Waals surface area contributed by atoms with E-state index in [1.54, 1.807) is 30.3 Å². The van der Waals surface area contributed by atoms with Gasteiger partial charge in [0.2, 0.25) is 0 Å². The number of carbonyl (C=O) groups is 2. The summed E-state index contributed by atoms with van der Waals surface area (Å²) in [6, 6.07) is 12.1. The number of oxime groups is 1. The summed E-state index contributed by atoms with van der Waals surface area (Å²) >= 11 is 17.3. The average molecular weight is 398 g/mol. The Balaban J connectivity index is 1.96. The lowest BCUT2D eigenvalue weighted by molar-refractivity contribution is -0.140. The number of fused-ring (bicyclic) bond motifs is 1. The van der Waals surface area contributed by atoms with Crippen molar-refractivity contribution in [2.75, 3.05) is 10.8 Å². The van der Waals surface area contributed by atoms with Crippen molar-refractivity contribution in [2.24, 2.45) is 5.16 Å². The molecule has 8 heteroatoms. The van der Waals surface area contributed by atoms with Crippen molar-refractivity contribution in [1.29, 1.82) is 0 Å². The lowest BCUT2D eigenvalue weighted by Crippen LogP contribution is -2.29. The van der Waals surface area contributed by atoms with Gasteiger partial charge in [-0.3, -0.25) is 4.79 Å². The van der Waals surface area contributed by atoms with Gasteiger partial charge in [-0.15, -0.1) is 11.6 Å².